The van der Waals surface area contributed by atoms with Crippen molar-refractivity contribution in [2.75, 3.05) is 0 Å². The van der Waals surface area contributed by atoms with E-state index in [1.165, 1.54) is 19.3 Å². The molecule has 2 saturated carbocycles. The third-order valence-corrected chi connectivity index (χ3v) is 4.68. The van der Waals surface area contributed by atoms with Gasteiger partial charge >= 0.3 is 0 Å². The maximum Gasteiger partial charge on any atom is 0.234 e. The SMILES string of the molecule is NC(=NO)C1(C(=O)NC2CCCCC2)CCCCC1. The minimum atomic E-state index is -0.773. The Morgan fingerprint density at radius 2 is 1.68 bits per heavy atom. The summed E-state index contributed by atoms with van der Waals surface area (Å²) in [6, 6.07) is 0.270. The van der Waals surface area contributed by atoms with E-state index in [-0.39, 0.29) is 17.8 Å². The zero-order valence-corrected chi connectivity index (χ0v) is 11.5. The molecule has 0 atom stereocenters. The first-order valence-electron chi connectivity index (χ1n) is 7.48. The van der Waals surface area contributed by atoms with Gasteiger partial charge < -0.3 is 16.3 Å². The average Bonchev–Trinajstić information content (AvgIpc) is 2.48. The van der Waals surface area contributed by atoms with Gasteiger partial charge in [-0.25, -0.2) is 0 Å². The lowest BCUT2D eigenvalue weighted by Crippen LogP contribution is -2.53. The van der Waals surface area contributed by atoms with Crippen molar-refractivity contribution in [1.82, 2.24) is 5.32 Å². The minimum Gasteiger partial charge on any atom is -0.409 e. The minimum absolute atomic E-state index is 0.0330. The summed E-state index contributed by atoms with van der Waals surface area (Å²) in [4.78, 5) is 12.6. The van der Waals surface area contributed by atoms with E-state index in [0.29, 0.717) is 12.8 Å². The first-order chi connectivity index (χ1) is 9.19. The third kappa shape index (κ3) is 3.01. The van der Waals surface area contributed by atoms with Crippen LogP contribution in [-0.4, -0.2) is 23.0 Å². The molecule has 4 N–H and O–H groups in total. The molecule has 0 aromatic heterocycles. The summed E-state index contributed by atoms with van der Waals surface area (Å²) in [5, 5.41) is 15.3. The van der Waals surface area contributed by atoms with Crippen LogP contribution in [0, 0.1) is 5.41 Å². The van der Waals surface area contributed by atoms with Gasteiger partial charge in [-0.05, 0) is 25.7 Å². The van der Waals surface area contributed by atoms with Crippen molar-refractivity contribution in [3.8, 4) is 0 Å². The molecule has 2 fully saturated rings. The van der Waals surface area contributed by atoms with E-state index < -0.39 is 5.41 Å². The fraction of sp³-hybridized carbons (Fsp3) is 0.857. The molecule has 0 aliphatic heterocycles. The Balaban J connectivity index is 2.06. The molecule has 2 aliphatic carbocycles. The fourth-order valence-corrected chi connectivity index (χ4v) is 3.42. The topological polar surface area (TPSA) is 87.7 Å². The standard InChI is InChI=1S/C14H25N3O2/c15-12(17-19)14(9-5-2-6-10-14)13(18)16-11-7-3-1-4-8-11/h11,19H,1-10H2,(H2,15,17)(H,16,18). The highest BCUT2D eigenvalue weighted by Gasteiger charge is 2.44. The molecule has 2 aliphatic rings. The van der Waals surface area contributed by atoms with Crippen LogP contribution in [0.5, 0.6) is 0 Å². The van der Waals surface area contributed by atoms with Crippen LogP contribution in [0.25, 0.3) is 0 Å². The quantitative estimate of drug-likeness (QED) is 0.317. The predicted molar refractivity (Wildman–Crippen MR) is 73.9 cm³/mol. The second kappa shape index (κ2) is 6.26. The van der Waals surface area contributed by atoms with Crippen molar-refractivity contribution in [2.24, 2.45) is 16.3 Å². The number of amides is 1. The molecule has 108 valence electrons. The summed E-state index contributed by atoms with van der Waals surface area (Å²) in [6.45, 7) is 0. The van der Waals surface area contributed by atoms with Crippen molar-refractivity contribution in [2.45, 2.75) is 70.3 Å². The molecule has 1 amide bonds. The Morgan fingerprint density at radius 3 is 2.26 bits per heavy atom. The third-order valence-electron chi connectivity index (χ3n) is 4.68. The number of nitrogens with two attached hydrogens (primary N) is 1. The first kappa shape index (κ1) is 14.2. The molecule has 2 rings (SSSR count). The molecule has 5 nitrogen and oxygen atoms in total. The van der Waals surface area contributed by atoms with E-state index in [4.69, 9.17) is 10.9 Å². The van der Waals surface area contributed by atoms with Gasteiger partial charge in [0.25, 0.3) is 0 Å². The van der Waals surface area contributed by atoms with E-state index in [1.807, 2.05) is 0 Å². The van der Waals surface area contributed by atoms with E-state index >= 15 is 0 Å². The van der Waals surface area contributed by atoms with Gasteiger partial charge in [-0.15, -0.1) is 0 Å². The van der Waals surface area contributed by atoms with Gasteiger partial charge in [0.2, 0.25) is 5.91 Å². The number of hydrogen-bond donors (Lipinski definition) is 3. The van der Waals surface area contributed by atoms with Gasteiger partial charge in [0.15, 0.2) is 5.84 Å². The van der Waals surface area contributed by atoms with E-state index in [9.17, 15) is 4.79 Å². The highest BCUT2D eigenvalue weighted by Crippen LogP contribution is 2.37. The summed E-state index contributed by atoms with van der Waals surface area (Å²) in [5.41, 5.74) is 5.05. The molecular weight excluding hydrogens is 242 g/mol. The van der Waals surface area contributed by atoms with Crippen molar-refractivity contribution in [3.05, 3.63) is 0 Å². The van der Waals surface area contributed by atoms with E-state index in [1.54, 1.807) is 0 Å². The van der Waals surface area contributed by atoms with Crippen molar-refractivity contribution in [1.29, 1.82) is 0 Å². The zero-order valence-electron chi connectivity index (χ0n) is 11.5. The van der Waals surface area contributed by atoms with E-state index in [0.717, 1.165) is 32.1 Å². The number of amidine groups is 1. The monoisotopic (exact) mass is 267 g/mol. The van der Waals surface area contributed by atoms with Gasteiger partial charge in [0.05, 0.1) is 0 Å². The Kier molecular flexibility index (Phi) is 4.66. The number of carbonyl (C=O) groups excluding carboxylic acids is 1. The predicted octanol–water partition coefficient (Wildman–Crippen LogP) is 2.13. The molecule has 19 heavy (non-hydrogen) atoms. The second-order valence-corrected chi connectivity index (χ2v) is 5.94. The maximum absolute atomic E-state index is 12.6. The average molecular weight is 267 g/mol. The smallest absolute Gasteiger partial charge is 0.234 e. The number of carbonyl (C=O) groups is 1. The number of oxime groups is 1. The highest BCUT2D eigenvalue weighted by atomic mass is 16.4. The molecule has 0 bridgehead atoms. The zero-order chi connectivity index (χ0) is 13.7. The summed E-state index contributed by atoms with van der Waals surface area (Å²) in [7, 11) is 0. The van der Waals surface area contributed by atoms with Gasteiger partial charge in [-0.1, -0.05) is 43.7 Å². The Hall–Kier alpha value is -1.26. The van der Waals surface area contributed by atoms with Crippen LogP contribution in [0.3, 0.4) is 0 Å². The van der Waals surface area contributed by atoms with Crippen LogP contribution in [0.15, 0.2) is 5.16 Å². The molecule has 0 heterocycles. The summed E-state index contributed by atoms with van der Waals surface area (Å²) >= 11 is 0. The summed E-state index contributed by atoms with van der Waals surface area (Å²) in [6.07, 6.45) is 10.2. The van der Waals surface area contributed by atoms with Crippen LogP contribution >= 0.6 is 0 Å². The van der Waals surface area contributed by atoms with Crippen LogP contribution in [0.4, 0.5) is 0 Å². The van der Waals surface area contributed by atoms with E-state index in [2.05, 4.69) is 10.5 Å². The van der Waals surface area contributed by atoms with Gasteiger partial charge in [0, 0.05) is 6.04 Å². The highest BCUT2D eigenvalue weighted by molar-refractivity contribution is 6.06. The second-order valence-electron chi connectivity index (χ2n) is 5.94. The number of hydrogen-bond acceptors (Lipinski definition) is 3. The van der Waals surface area contributed by atoms with Crippen LogP contribution in [0.2, 0.25) is 0 Å². The Labute approximate surface area is 114 Å². The van der Waals surface area contributed by atoms with Crippen LogP contribution in [-0.2, 0) is 4.79 Å². The van der Waals surface area contributed by atoms with Crippen LogP contribution in [0.1, 0.15) is 64.2 Å². The number of rotatable bonds is 3. The van der Waals surface area contributed by atoms with Gasteiger partial charge in [-0.3, -0.25) is 4.79 Å². The Bertz CT molecular complexity index is 343. The molecule has 0 saturated heterocycles. The molecule has 0 unspecified atom stereocenters. The molecule has 0 aromatic carbocycles. The molecular formula is C14H25N3O2. The molecule has 5 heteroatoms. The fourth-order valence-electron chi connectivity index (χ4n) is 3.42. The lowest BCUT2D eigenvalue weighted by Gasteiger charge is -2.36. The van der Waals surface area contributed by atoms with Gasteiger partial charge in [-0.2, -0.15) is 0 Å². The van der Waals surface area contributed by atoms with Crippen molar-refractivity contribution in [3.63, 3.8) is 0 Å². The largest absolute Gasteiger partial charge is 0.409 e. The first-order valence-corrected chi connectivity index (χ1v) is 7.48. The Morgan fingerprint density at radius 1 is 1.11 bits per heavy atom. The lowest BCUT2D eigenvalue weighted by molar-refractivity contribution is -0.130. The normalized spacial score (nSPS) is 24.9. The van der Waals surface area contributed by atoms with Crippen molar-refractivity contribution < 1.29 is 10.0 Å². The molecule has 0 aromatic rings. The summed E-state index contributed by atoms with van der Waals surface area (Å²) < 4.78 is 0. The maximum atomic E-state index is 12.6. The van der Waals surface area contributed by atoms with Crippen molar-refractivity contribution >= 4 is 11.7 Å². The van der Waals surface area contributed by atoms with Gasteiger partial charge in [0.1, 0.15) is 5.41 Å². The number of nitrogens with one attached hydrogen (secondary N) is 1. The molecule has 0 spiro atoms. The summed E-state index contributed by atoms with van der Waals surface area (Å²) in [5.74, 6) is 0.0508. The van der Waals surface area contributed by atoms with Crippen LogP contribution < -0.4 is 11.1 Å². The molecule has 0 radical (unpaired) electrons. The lowest BCUT2D eigenvalue weighted by atomic mass is 9.72. The number of nitrogens with zero attached hydrogens (tertiary/aromatic N) is 1.